The van der Waals surface area contributed by atoms with Gasteiger partial charge < -0.3 is 5.73 Å². The quantitative estimate of drug-likeness (QED) is 0.670. The van der Waals surface area contributed by atoms with Crippen LogP contribution in [0.3, 0.4) is 0 Å². The lowest BCUT2D eigenvalue weighted by Gasteiger charge is -2.07. The Balaban J connectivity index is 2.48. The predicted molar refractivity (Wildman–Crippen MR) is 45.2 cm³/mol. The SMILES string of the molecule is N#CC1(c2cccnc2N)CC1. The van der Waals surface area contributed by atoms with E-state index in [4.69, 9.17) is 11.0 Å². The Kier molecular flexibility index (Phi) is 1.31. The Bertz CT molecular complexity index is 347. The smallest absolute Gasteiger partial charge is 0.128 e. The maximum absolute atomic E-state index is 8.90. The van der Waals surface area contributed by atoms with Gasteiger partial charge in [-0.3, -0.25) is 0 Å². The highest BCUT2D eigenvalue weighted by atomic mass is 14.8. The zero-order chi connectivity index (χ0) is 8.60. The highest BCUT2D eigenvalue weighted by Crippen LogP contribution is 2.48. The fourth-order valence-electron chi connectivity index (χ4n) is 1.39. The van der Waals surface area contributed by atoms with Crippen molar-refractivity contribution in [3.63, 3.8) is 0 Å². The summed E-state index contributed by atoms with van der Waals surface area (Å²) < 4.78 is 0. The third-order valence-corrected chi connectivity index (χ3v) is 2.32. The molecule has 0 atom stereocenters. The summed E-state index contributed by atoms with van der Waals surface area (Å²) in [5.41, 5.74) is 6.25. The Morgan fingerprint density at radius 3 is 2.83 bits per heavy atom. The van der Waals surface area contributed by atoms with Crippen LogP contribution in [0.5, 0.6) is 0 Å². The van der Waals surface area contributed by atoms with Gasteiger partial charge in [0.2, 0.25) is 0 Å². The molecule has 0 bridgehead atoms. The summed E-state index contributed by atoms with van der Waals surface area (Å²) in [5, 5.41) is 8.90. The van der Waals surface area contributed by atoms with Crippen molar-refractivity contribution in [2.75, 3.05) is 5.73 Å². The molecule has 1 aliphatic rings. The molecule has 1 saturated carbocycles. The van der Waals surface area contributed by atoms with E-state index < -0.39 is 0 Å². The number of nitrogens with two attached hydrogens (primary N) is 1. The lowest BCUT2D eigenvalue weighted by atomic mass is 9.99. The van der Waals surface area contributed by atoms with Crippen molar-refractivity contribution < 1.29 is 0 Å². The first kappa shape index (κ1) is 7.11. The molecular weight excluding hydrogens is 150 g/mol. The minimum Gasteiger partial charge on any atom is -0.383 e. The number of nitriles is 1. The second-order valence-corrected chi connectivity index (χ2v) is 3.13. The number of nitrogen functional groups attached to an aromatic ring is 1. The zero-order valence-corrected chi connectivity index (χ0v) is 6.62. The topological polar surface area (TPSA) is 62.7 Å². The summed E-state index contributed by atoms with van der Waals surface area (Å²) in [6.07, 6.45) is 3.48. The molecule has 3 nitrogen and oxygen atoms in total. The molecule has 0 saturated heterocycles. The normalized spacial score (nSPS) is 18.2. The number of hydrogen-bond donors (Lipinski definition) is 1. The van der Waals surface area contributed by atoms with Gasteiger partial charge in [0.05, 0.1) is 11.5 Å². The van der Waals surface area contributed by atoms with Gasteiger partial charge in [-0.1, -0.05) is 6.07 Å². The summed E-state index contributed by atoms with van der Waals surface area (Å²) >= 11 is 0. The van der Waals surface area contributed by atoms with Crippen LogP contribution in [0, 0.1) is 11.3 Å². The van der Waals surface area contributed by atoms with E-state index in [0.717, 1.165) is 18.4 Å². The first-order valence-corrected chi connectivity index (χ1v) is 3.91. The number of pyridine rings is 1. The largest absolute Gasteiger partial charge is 0.383 e. The van der Waals surface area contributed by atoms with Crippen molar-refractivity contribution in [2.24, 2.45) is 0 Å². The molecule has 2 rings (SSSR count). The molecule has 0 unspecified atom stereocenters. The number of rotatable bonds is 1. The van der Waals surface area contributed by atoms with E-state index in [9.17, 15) is 0 Å². The average molecular weight is 159 g/mol. The highest BCUT2D eigenvalue weighted by Gasteiger charge is 2.46. The molecule has 0 spiro atoms. The van der Waals surface area contributed by atoms with Crippen LogP contribution in [-0.4, -0.2) is 4.98 Å². The van der Waals surface area contributed by atoms with Crippen LogP contribution < -0.4 is 5.73 Å². The summed E-state index contributed by atoms with van der Waals surface area (Å²) in [7, 11) is 0. The summed E-state index contributed by atoms with van der Waals surface area (Å²) in [6, 6.07) is 6.00. The molecule has 60 valence electrons. The highest BCUT2D eigenvalue weighted by molar-refractivity contribution is 5.51. The van der Waals surface area contributed by atoms with Gasteiger partial charge in [-0.05, 0) is 18.9 Å². The van der Waals surface area contributed by atoms with Gasteiger partial charge in [-0.2, -0.15) is 5.26 Å². The van der Waals surface area contributed by atoms with E-state index >= 15 is 0 Å². The van der Waals surface area contributed by atoms with Crippen molar-refractivity contribution >= 4 is 5.82 Å². The Morgan fingerprint density at radius 1 is 1.58 bits per heavy atom. The van der Waals surface area contributed by atoms with Crippen molar-refractivity contribution in [1.29, 1.82) is 5.26 Å². The van der Waals surface area contributed by atoms with Crippen LogP contribution in [-0.2, 0) is 5.41 Å². The molecule has 0 aliphatic heterocycles. The van der Waals surface area contributed by atoms with Crippen molar-refractivity contribution in [3.05, 3.63) is 23.9 Å². The Labute approximate surface area is 70.8 Å². The number of anilines is 1. The molecule has 2 N–H and O–H groups in total. The summed E-state index contributed by atoms with van der Waals surface area (Å²) in [4.78, 5) is 3.96. The predicted octanol–water partition coefficient (Wildman–Crippen LogP) is 1.22. The second-order valence-electron chi connectivity index (χ2n) is 3.13. The van der Waals surface area contributed by atoms with Crippen LogP contribution in [0.1, 0.15) is 18.4 Å². The van der Waals surface area contributed by atoms with E-state index in [1.54, 1.807) is 6.20 Å². The summed E-state index contributed by atoms with van der Waals surface area (Å²) in [6.45, 7) is 0. The van der Waals surface area contributed by atoms with Crippen LogP contribution in [0.2, 0.25) is 0 Å². The van der Waals surface area contributed by atoms with E-state index in [0.29, 0.717) is 5.82 Å². The molecule has 1 aromatic heterocycles. The molecule has 0 radical (unpaired) electrons. The summed E-state index contributed by atoms with van der Waals surface area (Å²) in [5.74, 6) is 0.497. The number of nitrogens with zero attached hydrogens (tertiary/aromatic N) is 2. The fourth-order valence-corrected chi connectivity index (χ4v) is 1.39. The Hall–Kier alpha value is -1.56. The standard InChI is InChI=1S/C9H9N3/c10-6-9(3-4-9)7-2-1-5-12-8(7)11/h1-2,5H,3-4H2,(H2,11,12). The van der Waals surface area contributed by atoms with Gasteiger partial charge in [-0.15, -0.1) is 0 Å². The van der Waals surface area contributed by atoms with E-state index in [2.05, 4.69) is 11.1 Å². The maximum Gasteiger partial charge on any atom is 0.128 e. The zero-order valence-electron chi connectivity index (χ0n) is 6.62. The van der Waals surface area contributed by atoms with Gasteiger partial charge in [0.25, 0.3) is 0 Å². The van der Waals surface area contributed by atoms with E-state index in [-0.39, 0.29) is 5.41 Å². The first-order chi connectivity index (χ1) is 5.78. The second kappa shape index (κ2) is 2.21. The van der Waals surface area contributed by atoms with Gasteiger partial charge in [0.15, 0.2) is 0 Å². The number of hydrogen-bond acceptors (Lipinski definition) is 3. The molecule has 12 heavy (non-hydrogen) atoms. The molecule has 1 aromatic rings. The average Bonchev–Trinajstić information content (AvgIpc) is 2.86. The molecule has 0 amide bonds. The van der Waals surface area contributed by atoms with Gasteiger partial charge in [0.1, 0.15) is 5.82 Å². The van der Waals surface area contributed by atoms with Gasteiger partial charge in [0, 0.05) is 11.8 Å². The molecular formula is C9H9N3. The van der Waals surface area contributed by atoms with Crippen LogP contribution in [0.25, 0.3) is 0 Å². The first-order valence-electron chi connectivity index (χ1n) is 3.91. The molecule has 1 heterocycles. The van der Waals surface area contributed by atoms with Gasteiger partial charge >= 0.3 is 0 Å². The monoisotopic (exact) mass is 159 g/mol. The Morgan fingerprint density at radius 2 is 2.33 bits per heavy atom. The molecule has 0 aromatic carbocycles. The molecule has 3 heteroatoms. The van der Waals surface area contributed by atoms with Crippen LogP contribution in [0.4, 0.5) is 5.82 Å². The third kappa shape index (κ3) is 0.850. The maximum atomic E-state index is 8.90. The lowest BCUT2D eigenvalue weighted by molar-refractivity contribution is 0.903. The van der Waals surface area contributed by atoms with Crippen molar-refractivity contribution in [1.82, 2.24) is 4.98 Å². The number of aromatic nitrogens is 1. The van der Waals surface area contributed by atoms with Crippen LogP contribution >= 0.6 is 0 Å². The van der Waals surface area contributed by atoms with E-state index in [1.165, 1.54) is 0 Å². The minimum atomic E-state index is -0.307. The fraction of sp³-hybridized carbons (Fsp3) is 0.333. The van der Waals surface area contributed by atoms with Crippen LogP contribution in [0.15, 0.2) is 18.3 Å². The minimum absolute atomic E-state index is 0.307. The third-order valence-electron chi connectivity index (χ3n) is 2.32. The van der Waals surface area contributed by atoms with Crippen molar-refractivity contribution in [2.45, 2.75) is 18.3 Å². The lowest BCUT2D eigenvalue weighted by Crippen LogP contribution is -2.07. The molecule has 1 fully saturated rings. The van der Waals surface area contributed by atoms with E-state index in [1.807, 2.05) is 12.1 Å². The van der Waals surface area contributed by atoms with Crippen molar-refractivity contribution in [3.8, 4) is 6.07 Å². The molecule has 1 aliphatic carbocycles. The van der Waals surface area contributed by atoms with Gasteiger partial charge in [-0.25, -0.2) is 4.98 Å².